The van der Waals surface area contributed by atoms with Crippen molar-refractivity contribution in [3.05, 3.63) is 77.4 Å². The van der Waals surface area contributed by atoms with Crippen LogP contribution in [0.1, 0.15) is 16.1 Å². The summed E-state index contributed by atoms with van der Waals surface area (Å²) < 4.78 is 1.91. The molecule has 5 rings (SSSR count). The van der Waals surface area contributed by atoms with E-state index in [9.17, 15) is 4.79 Å². The first-order valence-electron chi connectivity index (χ1n) is 8.23. The molecule has 25 heavy (non-hydrogen) atoms. The number of nitrogens with zero attached hydrogens (tertiary/aromatic N) is 3. The summed E-state index contributed by atoms with van der Waals surface area (Å²) in [5.74, 6) is 0.0354. The second-order valence-electron chi connectivity index (χ2n) is 6.10. The average Bonchev–Trinajstić information content (AvgIpc) is 3.35. The third-order valence-corrected chi connectivity index (χ3v) is 5.47. The first kappa shape index (κ1) is 14.4. The van der Waals surface area contributed by atoms with Gasteiger partial charge in [-0.1, -0.05) is 48.5 Å². The molecular weight excluding hydrogens is 330 g/mol. The number of thiazole rings is 1. The quantitative estimate of drug-likeness (QED) is 0.544. The van der Waals surface area contributed by atoms with Gasteiger partial charge >= 0.3 is 0 Å². The number of hydrogen-bond acceptors (Lipinski definition) is 3. The molecule has 5 heteroatoms. The van der Waals surface area contributed by atoms with Gasteiger partial charge in [-0.25, -0.2) is 4.98 Å². The Balaban J connectivity index is 1.55. The second kappa shape index (κ2) is 5.57. The summed E-state index contributed by atoms with van der Waals surface area (Å²) in [6.45, 7) is 0.732. The average molecular weight is 345 g/mol. The van der Waals surface area contributed by atoms with Crippen molar-refractivity contribution in [2.75, 3.05) is 11.4 Å². The minimum absolute atomic E-state index is 0.0354. The highest BCUT2D eigenvalue weighted by atomic mass is 32.1. The van der Waals surface area contributed by atoms with E-state index in [0.29, 0.717) is 5.69 Å². The van der Waals surface area contributed by atoms with Crippen LogP contribution in [0.15, 0.2) is 66.2 Å². The molecule has 4 nitrogen and oxygen atoms in total. The molecule has 0 aliphatic carbocycles. The zero-order chi connectivity index (χ0) is 16.8. The van der Waals surface area contributed by atoms with Crippen LogP contribution in [-0.4, -0.2) is 21.8 Å². The van der Waals surface area contributed by atoms with E-state index in [-0.39, 0.29) is 5.91 Å². The van der Waals surface area contributed by atoms with Gasteiger partial charge in [-0.2, -0.15) is 0 Å². The third-order valence-electron chi connectivity index (χ3n) is 4.63. The van der Waals surface area contributed by atoms with Crippen LogP contribution in [-0.2, 0) is 6.42 Å². The number of amides is 1. The molecule has 1 amide bonds. The fourth-order valence-electron chi connectivity index (χ4n) is 3.37. The fraction of sp³-hybridized carbons (Fsp3) is 0.100. The van der Waals surface area contributed by atoms with Gasteiger partial charge in [-0.05, 0) is 18.1 Å². The van der Waals surface area contributed by atoms with Gasteiger partial charge in [-0.3, -0.25) is 9.20 Å². The number of rotatable bonds is 2. The van der Waals surface area contributed by atoms with E-state index in [1.807, 2.05) is 69.4 Å². The van der Waals surface area contributed by atoms with Crippen molar-refractivity contribution in [2.45, 2.75) is 6.42 Å². The number of hydrogen-bond donors (Lipinski definition) is 0. The summed E-state index contributed by atoms with van der Waals surface area (Å²) in [5, 5.41) is 1.90. The molecule has 0 spiro atoms. The Hall–Kier alpha value is -2.92. The first-order chi connectivity index (χ1) is 12.3. The number of aromatic nitrogens is 2. The van der Waals surface area contributed by atoms with Crippen LogP contribution < -0.4 is 4.90 Å². The van der Waals surface area contributed by atoms with Crippen LogP contribution in [0.25, 0.3) is 16.2 Å². The van der Waals surface area contributed by atoms with Crippen LogP contribution >= 0.6 is 11.3 Å². The van der Waals surface area contributed by atoms with Crippen molar-refractivity contribution < 1.29 is 4.79 Å². The topological polar surface area (TPSA) is 37.6 Å². The summed E-state index contributed by atoms with van der Waals surface area (Å²) in [6.07, 6.45) is 2.87. The molecule has 0 bridgehead atoms. The van der Waals surface area contributed by atoms with E-state index in [0.717, 1.165) is 34.9 Å². The minimum atomic E-state index is 0.0354. The van der Waals surface area contributed by atoms with Crippen molar-refractivity contribution in [1.29, 1.82) is 0 Å². The van der Waals surface area contributed by atoms with Crippen LogP contribution in [0, 0.1) is 0 Å². The lowest BCUT2D eigenvalue weighted by Gasteiger charge is -2.16. The van der Waals surface area contributed by atoms with Crippen LogP contribution in [0.5, 0.6) is 0 Å². The first-order valence-corrected chi connectivity index (χ1v) is 9.11. The summed E-state index contributed by atoms with van der Waals surface area (Å²) in [5.41, 5.74) is 4.88. The molecule has 0 saturated heterocycles. The lowest BCUT2D eigenvalue weighted by atomic mass is 10.2. The zero-order valence-corrected chi connectivity index (χ0v) is 14.2. The van der Waals surface area contributed by atoms with E-state index >= 15 is 0 Å². The summed E-state index contributed by atoms with van der Waals surface area (Å²) in [4.78, 5) is 20.5. The highest BCUT2D eigenvalue weighted by Gasteiger charge is 2.27. The molecule has 1 aliphatic heterocycles. The highest BCUT2D eigenvalue weighted by Crippen LogP contribution is 2.30. The molecule has 0 unspecified atom stereocenters. The van der Waals surface area contributed by atoms with Crippen molar-refractivity contribution in [3.8, 4) is 11.3 Å². The van der Waals surface area contributed by atoms with E-state index in [1.54, 1.807) is 0 Å². The number of imidazole rings is 1. The Morgan fingerprint density at radius 1 is 1.04 bits per heavy atom. The lowest BCUT2D eigenvalue weighted by Crippen LogP contribution is -2.29. The Kier molecular flexibility index (Phi) is 3.21. The second-order valence-corrected chi connectivity index (χ2v) is 6.94. The molecule has 2 aromatic heterocycles. The third kappa shape index (κ3) is 2.27. The van der Waals surface area contributed by atoms with Gasteiger partial charge in [0.25, 0.3) is 5.91 Å². The number of carbonyl (C=O) groups excluding carboxylic acids is 1. The Morgan fingerprint density at radius 3 is 2.72 bits per heavy atom. The van der Waals surface area contributed by atoms with Gasteiger partial charge in [0.15, 0.2) is 4.96 Å². The predicted octanol–water partition coefficient (Wildman–Crippen LogP) is 4.27. The molecule has 0 atom stereocenters. The minimum Gasteiger partial charge on any atom is -0.306 e. The summed E-state index contributed by atoms with van der Waals surface area (Å²) >= 11 is 1.50. The molecule has 1 aliphatic rings. The van der Waals surface area contributed by atoms with Crippen molar-refractivity contribution >= 4 is 27.9 Å². The maximum Gasteiger partial charge on any atom is 0.276 e. The summed E-state index contributed by atoms with van der Waals surface area (Å²) in [7, 11) is 0. The number of anilines is 1. The van der Waals surface area contributed by atoms with Crippen molar-refractivity contribution in [1.82, 2.24) is 9.38 Å². The maximum absolute atomic E-state index is 13.1. The molecule has 122 valence electrons. The molecule has 4 aromatic rings. The summed E-state index contributed by atoms with van der Waals surface area (Å²) in [6, 6.07) is 18.2. The molecule has 0 saturated carbocycles. The van der Waals surface area contributed by atoms with Crippen LogP contribution in [0.4, 0.5) is 5.69 Å². The SMILES string of the molecule is O=C(c1csc2nc(-c3ccccc3)cn12)N1CCc2ccccc21. The van der Waals surface area contributed by atoms with Crippen molar-refractivity contribution in [3.63, 3.8) is 0 Å². The highest BCUT2D eigenvalue weighted by molar-refractivity contribution is 7.15. The van der Waals surface area contributed by atoms with Crippen LogP contribution in [0.3, 0.4) is 0 Å². The zero-order valence-electron chi connectivity index (χ0n) is 13.4. The fourth-order valence-corrected chi connectivity index (χ4v) is 4.22. The molecule has 0 radical (unpaired) electrons. The molecule has 0 fully saturated rings. The van der Waals surface area contributed by atoms with Gasteiger partial charge in [0.05, 0.1) is 5.69 Å². The Morgan fingerprint density at radius 2 is 1.84 bits per heavy atom. The standard InChI is InChI=1S/C20H15N3OS/c24-19(22-11-10-15-8-4-5-9-17(15)22)18-13-25-20-21-16(12-23(18)20)14-6-2-1-3-7-14/h1-9,12-13H,10-11H2. The number of para-hydroxylation sites is 1. The maximum atomic E-state index is 13.1. The van der Waals surface area contributed by atoms with Gasteiger partial charge in [0.1, 0.15) is 5.69 Å². The van der Waals surface area contributed by atoms with Crippen molar-refractivity contribution in [2.24, 2.45) is 0 Å². The van der Waals surface area contributed by atoms with E-state index in [1.165, 1.54) is 16.9 Å². The number of carbonyl (C=O) groups is 1. The molecular formula is C20H15N3OS. The predicted molar refractivity (Wildman–Crippen MR) is 100 cm³/mol. The monoisotopic (exact) mass is 345 g/mol. The Bertz CT molecular complexity index is 1080. The number of benzene rings is 2. The van der Waals surface area contributed by atoms with E-state index < -0.39 is 0 Å². The van der Waals surface area contributed by atoms with E-state index in [4.69, 9.17) is 0 Å². The van der Waals surface area contributed by atoms with Gasteiger partial charge in [-0.15, -0.1) is 11.3 Å². The lowest BCUT2D eigenvalue weighted by molar-refractivity contribution is 0.0984. The van der Waals surface area contributed by atoms with Crippen LogP contribution in [0.2, 0.25) is 0 Å². The molecule has 2 aromatic carbocycles. The largest absolute Gasteiger partial charge is 0.306 e. The molecule has 3 heterocycles. The van der Waals surface area contributed by atoms with Gasteiger partial charge in [0.2, 0.25) is 0 Å². The Labute approximate surface area is 149 Å². The van der Waals surface area contributed by atoms with E-state index in [2.05, 4.69) is 11.1 Å². The van der Waals surface area contributed by atoms with Gasteiger partial charge in [0, 0.05) is 29.4 Å². The molecule has 0 N–H and O–H groups in total. The smallest absolute Gasteiger partial charge is 0.276 e. The van der Waals surface area contributed by atoms with Gasteiger partial charge < -0.3 is 4.90 Å². The number of fused-ring (bicyclic) bond motifs is 2. The normalized spacial score (nSPS) is 13.4.